The third kappa shape index (κ3) is 4.07. The summed E-state index contributed by atoms with van der Waals surface area (Å²) in [7, 11) is 0. The Morgan fingerprint density at radius 3 is 2.22 bits per heavy atom. The van der Waals surface area contributed by atoms with Crippen molar-refractivity contribution in [1.82, 2.24) is 0 Å². The molecule has 0 saturated heterocycles. The number of benzene rings is 1. The van der Waals surface area contributed by atoms with Gasteiger partial charge in [-0.05, 0) is 81.5 Å². The van der Waals surface area contributed by atoms with E-state index in [0.29, 0.717) is 30.3 Å². The van der Waals surface area contributed by atoms with Crippen molar-refractivity contribution >= 4 is 18.2 Å². The van der Waals surface area contributed by atoms with Crippen LogP contribution in [0.1, 0.15) is 55.7 Å². The topological polar surface area (TPSA) is 69.7 Å². The number of esters is 2. The molecular weight excluding hydrogens is 344 g/mol. The molecule has 2 saturated carbocycles. The fraction of sp³-hybridized carbons (Fsp3) is 0.591. The Morgan fingerprint density at radius 2 is 1.63 bits per heavy atom. The van der Waals surface area contributed by atoms with Crippen molar-refractivity contribution in [3.05, 3.63) is 22.8 Å². The second-order valence-electron chi connectivity index (χ2n) is 8.29. The molecule has 2 aliphatic rings. The maximum Gasteiger partial charge on any atom is 0.314 e. The number of carbonyl (C=O) groups excluding carboxylic acids is 3. The van der Waals surface area contributed by atoms with Gasteiger partial charge in [-0.2, -0.15) is 0 Å². The molecule has 1 aromatic rings. The fourth-order valence-electron chi connectivity index (χ4n) is 4.11. The summed E-state index contributed by atoms with van der Waals surface area (Å²) in [5, 5.41) is 0. The lowest BCUT2D eigenvalue weighted by molar-refractivity contribution is -0.143. The molecule has 0 radical (unpaired) electrons. The van der Waals surface area contributed by atoms with Gasteiger partial charge in [-0.3, -0.25) is 9.59 Å². The van der Waals surface area contributed by atoms with Gasteiger partial charge in [0.2, 0.25) is 0 Å². The predicted molar refractivity (Wildman–Crippen MR) is 101 cm³/mol. The van der Waals surface area contributed by atoms with Gasteiger partial charge >= 0.3 is 11.9 Å². The van der Waals surface area contributed by atoms with Crippen LogP contribution in [0, 0.1) is 44.4 Å². The lowest BCUT2D eigenvalue weighted by Crippen LogP contribution is -2.32. The summed E-state index contributed by atoms with van der Waals surface area (Å²) in [6.45, 7) is 7.72. The number of aryl methyl sites for hydroxylation is 1. The Morgan fingerprint density at radius 1 is 0.963 bits per heavy atom. The molecule has 0 amide bonds. The van der Waals surface area contributed by atoms with Crippen LogP contribution in [0.5, 0.6) is 11.5 Å². The largest absolute Gasteiger partial charge is 0.426 e. The van der Waals surface area contributed by atoms with E-state index in [1.165, 1.54) is 0 Å². The fourth-order valence-corrected chi connectivity index (χ4v) is 4.11. The van der Waals surface area contributed by atoms with Crippen molar-refractivity contribution < 1.29 is 23.9 Å². The minimum atomic E-state index is -0.279. The first-order valence-corrected chi connectivity index (χ1v) is 9.79. The smallest absolute Gasteiger partial charge is 0.314 e. The van der Waals surface area contributed by atoms with E-state index < -0.39 is 0 Å². The average molecular weight is 372 g/mol. The molecule has 0 bridgehead atoms. The summed E-state index contributed by atoms with van der Waals surface area (Å²) in [5.74, 6) is 0.929. The van der Waals surface area contributed by atoms with Crippen LogP contribution < -0.4 is 9.47 Å². The van der Waals surface area contributed by atoms with E-state index >= 15 is 0 Å². The van der Waals surface area contributed by atoms with E-state index in [4.69, 9.17) is 9.47 Å². The number of hydrogen-bond donors (Lipinski definition) is 0. The highest BCUT2D eigenvalue weighted by molar-refractivity contribution is 5.79. The van der Waals surface area contributed by atoms with Crippen molar-refractivity contribution in [2.45, 2.75) is 59.8 Å². The minimum Gasteiger partial charge on any atom is -0.426 e. The van der Waals surface area contributed by atoms with Crippen molar-refractivity contribution in [3.63, 3.8) is 0 Å². The third-order valence-corrected chi connectivity index (χ3v) is 6.10. The summed E-state index contributed by atoms with van der Waals surface area (Å²) in [6.07, 6.45) is 4.70. The maximum absolute atomic E-state index is 12.5. The molecule has 0 heterocycles. The zero-order chi connectivity index (χ0) is 19.7. The second kappa shape index (κ2) is 7.83. The van der Waals surface area contributed by atoms with Gasteiger partial charge in [-0.25, -0.2) is 0 Å². The van der Waals surface area contributed by atoms with Crippen LogP contribution in [0.4, 0.5) is 0 Å². The zero-order valence-corrected chi connectivity index (χ0v) is 16.5. The van der Waals surface area contributed by atoms with Crippen molar-refractivity contribution in [3.8, 4) is 11.5 Å². The number of aldehydes is 1. The molecule has 146 valence electrons. The maximum atomic E-state index is 12.5. The highest BCUT2D eigenvalue weighted by Gasteiger charge is 2.34. The van der Waals surface area contributed by atoms with Crippen molar-refractivity contribution in [2.75, 3.05) is 0 Å². The van der Waals surface area contributed by atoms with Gasteiger partial charge in [0.05, 0.1) is 11.8 Å². The normalized spacial score (nSPS) is 27.0. The third-order valence-electron chi connectivity index (χ3n) is 6.10. The Balaban J connectivity index is 1.71. The van der Waals surface area contributed by atoms with E-state index in [-0.39, 0.29) is 29.7 Å². The molecule has 2 fully saturated rings. The average Bonchev–Trinajstić information content (AvgIpc) is 3.09. The second-order valence-corrected chi connectivity index (χ2v) is 8.29. The molecule has 5 heteroatoms. The SMILES string of the molecule is Cc1cc(OC(=O)C2CC(C)C2)c(C)c(C)c1OC(=O)C1CCC(C=O)C1. The van der Waals surface area contributed by atoms with Gasteiger partial charge in [0.15, 0.2) is 0 Å². The summed E-state index contributed by atoms with van der Waals surface area (Å²) in [4.78, 5) is 35.7. The Labute approximate surface area is 160 Å². The highest BCUT2D eigenvalue weighted by Crippen LogP contribution is 2.38. The Bertz CT molecular complexity index is 760. The van der Waals surface area contributed by atoms with Gasteiger partial charge in [0, 0.05) is 5.92 Å². The minimum absolute atomic E-state index is 0.00866. The predicted octanol–water partition coefficient (Wildman–Crippen LogP) is 4.08. The van der Waals surface area contributed by atoms with Crippen LogP contribution in [0.3, 0.4) is 0 Å². The van der Waals surface area contributed by atoms with Crippen LogP contribution in [0.25, 0.3) is 0 Å². The van der Waals surface area contributed by atoms with Gasteiger partial charge in [0.1, 0.15) is 17.8 Å². The molecule has 2 unspecified atom stereocenters. The zero-order valence-electron chi connectivity index (χ0n) is 16.5. The van der Waals surface area contributed by atoms with Gasteiger partial charge in [0.25, 0.3) is 0 Å². The molecule has 2 aliphatic carbocycles. The standard InChI is InChI=1S/C22H28O5/c1-12-7-18(8-12)22(25)26-19-9-13(2)20(15(4)14(19)3)27-21(24)17-6-5-16(10-17)11-23/h9,11-12,16-18H,5-8,10H2,1-4H3. The quantitative estimate of drug-likeness (QED) is 0.442. The van der Waals surface area contributed by atoms with Gasteiger partial charge in [-0.1, -0.05) is 6.92 Å². The van der Waals surface area contributed by atoms with Gasteiger partial charge in [-0.15, -0.1) is 0 Å². The summed E-state index contributed by atoms with van der Waals surface area (Å²) in [5.41, 5.74) is 2.38. The number of rotatable bonds is 5. The van der Waals surface area contributed by atoms with Crippen LogP contribution in [0.2, 0.25) is 0 Å². The van der Waals surface area contributed by atoms with E-state index in [9.17, 15) is 14.4 Å². The molecule has 2 atom stereocenters. The van der Waals surface area contributed by atoms with Crippen LogP contribution in [-0.2, 0) is 14.4 Å². The first kappa shape index (κ1) is 19.6. The molecule has 1 aromatic carbocycles. The van der Waals surface area contributed by atoms with Crippen LogP contribution in [-0.4, -0.2) is 18.2 Å². The first-order valence-electron chi connectivity index (χ1n) is 9.79. The van der Waals surface area contributed by atoms with Gasteiger partial charge < -0.3 is 14.3 Å². The molecule has 0 aliphatic heterocycles. The van der Waals surface area contributed by atoms with E-state index in [1.54, 1.807) is 6.07 Å². The lowest BCUT2D eigenvalue weighted by atomic mass is 9.76. The summed E-state index contributed by atoms with van der Waals surface area (Å²) < 4.78 is 11.3. The van der Waals surface area contributed by atoms with E-state index in [0.717, 1.165) is 42.2 Å². The summed E-state index contributed by atoms with van der Waals surface area (Å²) in [6, 6.07) is 1.77. The number of carbonyl (C=O) groups is 3. The van der Waals surface area contributed by atoms with Crippen molar-refractivity contribution in [2.24, 2.45) is 23.7 Å². The molecule has 27 heavy (non-hydrogen) atoms. The monoisotopic (exact) mass is 372 g/mol. The van der Waals surface area contributed by atoms with Crippen LogP contribution >= 0.6 is 0 Å². The lowest BCUT2D eigenvalue weighted by Gasteiger charge is -2.30. The first-order chi connectivity index (χ1) is 12.8. The van der Waals surface area contributed by atoms with E-state index in [2.05, 4.69) is 6.92 Å². The molecule has 0 spiro atoms. The van der Waals surface area contributed by atoms with Crippen LogP contribution in [0.15, 0.2) is 6.07 Å². The molecule has 0 aromatic heterocycles. The highest BCUT2D eigenvalue weighted by atomic mass is 16.5. The Kier molecular flexibility index (Phi) is 5.68. The molecule has 0 N–H and O–H groups in total. The van der Waals surface area contributed by atoms with E-state index in [1.807, 2.05) is 20.8 Å². The number of ether oxygens (including phenoxy) is 2. The Hall–Kier alpha value is -2.17. The van der Waals surface area contributed by atoms with Crippen molar-refractivity contribution in [1.29, 1.82) is 0 Å². The molecular formula is C22H28O5. The molecule has 5 nitrogen and oxygen atoms in total. The number of hydrogen-bond acceptors (Lipinski definition) is 5. The molecule has 3 rings (SSSR count). The summed E-state index contributed by atoms with van der Waals surface area (Å²) >= 11 is 0.